The van der Waals surface area contributed by atoms with Crippen LogP contribution in [0.1, 0.15) is 39.0 Å². The van der Waals surface area contributed by atoms with Crippen LogP contribution in [0.25, 0.3) is 0 Å². The Morgan fingerprint density at radius 2 is 1.67 bits per heavy atom. The monoisotopic (exact) mass is 473 g/mol. The van der Waals surface area contributed by atoms with Crippen LogP contribution in [-0.4, -0.2) is 50.3 Å². The van der Waals surface area contributed by atoms with Crippen LogP contribution in [0.2, 0.25) is 0 Å². The molecule has 2 N–H and O–H groups in total. The normalized spacial score (nSPS) is 16.0. The van der Waals surface area contributed by atoms with E-state index in [0.29, 0.717) is 13.1 Å². The fraction of sp³-hybridized carbons (Fsp3) is 0.471. The van der Waals surface area contributed by atoms with Gasteiger partial charge in [-0.05, 0) is 37.1 Å². The van der Waals surface area contributed by atoms with E-state index in [1.807, 2.05) is 0 Å². The third-order valence-electron chi connectivity index (χ3n) is 4.51. The highest BCUT2D eigenvalue weighted by molar-refractivity contribution is 7.94. The van der Waals surface area contributed by atoms with Crippen molar-refractivity contribution in [2.75, 3.05) is 23.1 Å². The number of carbonyl (C=O) groups is 1. The molecule has 1 aliphatic heterocycles. The Balaban J connectivity index is 1.72. The number of anilines is 2. The molecule has 164 valence electrons. The van der Waals surface area contributed by atoms with E-state index in [4.69, 9.17) is 0 Å². The van der Waals surface area contributed by atoms with Crippen LogP contribution >= 0.6 is 11.3 Å². The first-order valence-electron chi connectivity index (χ1n) is 9.49. The molecule has 0 bridgehead atoms. The van der Waals surface area contributed by atoms with E-state index in [1.165, 1.54) is 28.6 Å². The summed E-state index contributed by atoms with van der Waals surface area (Å²) in [5.74, 6) is -0.302. The first kappa shape index (κ1) is 22.6. The van der Waals surface area contributed by atoms with Gasteiger partial charge in [-0.25, -0.2) is 8.42 Å². The lowest BCUT2D eigenvalue weighted by molar-refractivity contribution is -0.115. The van der Waals surface area contributed by atoms with Gasteiger partial charge in [-0.2, -0.15) is 12.7 Å². The van der Waals surface area contributed by atoms with E-state index in [2.05, 4.69) is 20.2 Å². The summed E-state index contributed by atoms with van der Waals surface area (Å²) in [5, 5.41) is 9.78. The number of benzene rings is 1. The lowest BCUT2D eigenvalue weighted by Crippen LogP contribution is -2.31. The number of aromatic nitrogens is 2. The van der Waals surface area contributed by atoms with E-state index >= 15 is 0 Å². The number of sulfonamides is 2. The van der Waals surface area contributed by atoms with Crippen molar-refractivity contribution in [2.45, 2.75) is 48.3 Å². The van der Waals surface area contributed by atoms with Gasteiger partial charge in [0, 0.05) is 25.2 Å². The summed E-state index contributed by atoms with van der Waals surface area (Å²) in [6.07, 6.45) is 3.93. The summed E-state index contributed by atoms with van der Waals surface area (Å²) in [5.41, 5.74) is 0.194. The third kappa shape index (κ3) is 5.33. The number of hydrogen-bond acceptors (Lipinski definition) is 8. The van der Waals surface area contributed by atoms with Gasteiger partial charge in [-0.3, -0.25) is 9.52 Å². The van der Waals surface area contributed by atoms with E-state index < -0.39 is 20.0 Å². The molecule has 13 heteroatoms. The quantitative estimate of drug-likeness (QED) is 0.588. The maximum absolute atomic E-state index is 12.8. The van der Waals surface area contributed by atoms with Crippen LogP contribution in [0.4, 0.5) is 10.8 Å². The van der Waals surface area contributed by atoms with Crippen LogP contribution < -0.4 is 10.0 Å². The predicted molar refractivity (Wildman–Crippen MR) is 113 cm³/mol. The molecule has 1 aliphatic rings. The first-order chi connectivity index (χ1) is 14.2. The van der Waals surface area contributed by atoms with Crippen molar-refractivity contribution in [3.05, 3.63) is 24.3 Å². The van der Waals surface area contributed by atoms with Gasteiger partial charge in [0.1, 0.15) is 0 Å². The average Bonchev–Trinajstić information content (AvgIpc) is 3.01. The van der Waals surface area contributed by atoms with Crippen molar-refractivity contribution in [2.24, 2.45) is 0 Å². The second-order valence-corrected chi connectivity index (χ2v) is 11.5. The molecule has 30 heavy (non-hydrogen) atoms. The summed E-state index contributed by atoms with van der Waals surface area (Å²) in [4.78, 5) is 11.5. The molecule has 2 aromatic rings. The minimum atomic E-state index is -4.02. The predicted octanol–water partition coefficient (Wildman–Crippen LogP) is 2.25. The highest BCUT2D eigenvalue weighted by atomic mass is 32.2. The molecule has 1 amide bonds. The SMILES string of the molecule is CCC(=O)Nc1nnc(S(=O)(=O)Nc2ccc(S(=O)(=O)N3CCCCCC3)cc2)s1. The molecule has 2 heterocycles. The molecule has 1 aromatic heterocycles. The molecule has 0 aliphatic carbocycles. The van der Waals surface area contributed by atoms with Crippen molar-refractivity contribution in [1.29, 1.82) is 0 Å². The summed E-state index contributed by atoms with van der Waals surface area (Å²) >= 11 is 0.724. The number of nitrogens with one attached hydrogen (secondary N) is 2. The highest BCUT2D eigenvalue weighted by Gasteiger charge is 2.26. The molecule has 0 unspecified atom stereocenters. The maximum atomic E-state index is 12.8. The van der Waals surface area contributed by atoms with Crippen LogP contribution in [0.3, 0.4) is 0 Å². The molecule has 1 aromatic carbocycles. The molecule has 0 spiro atoms. The summed E-state index contributed by atoms with van der Waals surface area (Å²) in [6, 6.07) is 5.54. The van der Waals surface area contributed by atoms with Crippen LogP contribution in [-0.2, 0) is 24.8 Å². The van der Waals surface area contributed by atoms with E-state index in [-0.39, 0.29) is 32.4 Å². The number of rotatable bonds is 7. The lowest BCUT2D eigenvalue weighted by atomic mass is 10.2. The van der Waals surface area contributed by atoms with Gasteiger partial charge in [0.05, 0.1) is 4.90 Å². The van der Waals surface area contributed by atoms with E-state index in [0.717, 1.165) is 37.0 Å². The van der Waals surface area contributed by atoms with Crippen molar-refractivity contribution in [3.63, 3.8) is 0 Å². The number of hydrogen-bond donors (Lipinski definition) is 2. The van der Waals surface area contributed by atoms with E-state index in [9.17, 15) is 21.6 Å². The molecule has 0 atom stereocenters. The Morgan fingerprint density at radius 1 is 1.03 bits per heavy atom. The van der Waals surface area contributed by atoms with Gasteiger partial charge in [0.15, 0.2) is 0 Å². The zero-order chi connectivity index (χ0) is 21.8. The van der Waals surface area contributed by atoms with Crippen LogP contribution in [0, 0.1) is 0 Å². The highest BCUT2D eigenvalue weighted by Crippen LogP contribution is 2.25. The molecular weight excluding hydrogens is 450 g/mol. The van der Waals surface area contributed by atoms with Crippen LogP contribution in [0.5, 0.6) is 0 Å². The minimum absolute atomic E-state index is 0.0844. The van der Waals surface area contributed by atoms with Crippen LogP contribution in [0.15, 0.2) is 33.5 Å². The molecule has 3 rings (SSSR count). The van der Waals surface area contributed by atoms with Crippen molar-refractivity contribution in [1.82, 2.24) is 14.5 Å². The molecule has 1 fully saturated rings. The fourth-order valence-electron chi connectivity index (χ4n) is 2.90. The summed E-state index contributed by atoms with van der Waals surface area (Å²) < 4.78 is 54.1. The van der Waals surface area contributed by atoms with Gasteiger partial charge >= 0.3 is 0 Å². The molecular formula is C17H23N5O5S3. The Kier molecular flexibility index (Phi) is 7.06. The van der Waals surface area contributed by atoms with Crippen molar-refractivity contribution in [3.8, 4) is 0 Å². The summed E-state index contributed by atoms with van der Waals surface area (Å²) in [7, 11) is -7.64. The second kappa shape index (κ2) is 9.37. The van der Waals surface area contributed by atoms with Crippen molar-refractivity contribution >= 4 is 48.1 Å². The van der Waals surface area contributed by atoms with E-state index in [1.54, 1.807) is 6.92 Å². The number of nitrogens with zero attached hydrogens (tertiary/aromatic N) is 3. The fourth-order valence-corrected chi connectivity index (χ4v) is 6.39. The largest absolute Gasteiger partial charge is 0.301 e. The number of carbonyl (C=O) groups excluding carboxylic acids is 1. The Hall–Kier alpha value is -2.09. The zero-order valence-corrected chi connectivity index (χ0v) is 18.8. The maximum Gasteiger partial charge on any atom is 0.291 e. The Bertz CT molecular complexity index is 1090. The lowest BCUT2D eigenvalue weighted by Gasteiger charge is -2.20. The Labute approximate surface area is 179 Å². The molecule has 1 saturated heterocycles. The Morgan fingerprint density at radius 3 is 2.27 bits per heavy atom. The standard InChI is InChI=1S/C17H23N5O5S3/c1-2-15(23)18-16-19-20-17(28-16)29(24,25)21-13-7-9-14(10-8-13)30(26,27)22-11-5-3-4-6-12-22/h7-10,21H,2-6,11-12H2,1H3,(H,18,19,23). The topological polar surface area (TPSA) is 138 Å². The minimum Gasteiger partial charge on any atom is -0.301 e. The van der Waals surface area contributed by atoms with Gasteiger partial charge in [-0.15, -0.1) is 10.2 Å². The van der Waals surface area contributed by atoms with Crippen molar-refractivity contribution < 1.29 is 21.6 Å². The van der Waals surface area contributed by atoms with Gasteiger partial charge < -0.3 is 5.32 Å². The average molecular weight is 474 g/mol. The van der Waals surface area contributed by atoms with Gasteiger partial charge in [0.25, 0.3) is 14.4 Å². The molecule has 0 radical (unpaired) electrons. The molecule has 0 saturated carbocycles. The van der Waals surface area contributed by atoms with Gasteiger partial charge in [-0.1, -0.05) is 31.1 Å². The smallest absolute Gasteiger partial charge is 0.291 e. The zero-order valence-electron chi connectivity index (χ0n) is 16.4. The van der Waals surface area contributed by atoms with Gasteiger partial charge in [0.2, 0.25) is 21.1 Å². The number of amides is 1. The summed E-state index contributed by atoms with van der Waals surface area (Å²) in [6.45, 7) is 2.64. The second-order valence-electron chi connectivity index (χ2n) is 6.72. The first-order valence-corrected chi connectivity index (χ1v) is 13.2. The molecule has 10 nitrogen and oxygen atoms in total. The third-order valence-corrected chi connectivity index (χ3v) is 9.01.